The van der Waals surface area contributed by atoms with Gasteiger partial charge in [-0.15, -0.1) is 0 Å². The molecule has 0 radical (unpaired) electrons. The summed E-state index contributed by atoms with van der Waals surface area (Å²) in [6.45, 7) is 5.39. The molecular formula is C22H25N3O5S. The summed E-state index contributed by atoms with van der Waals surface area (Å²) in [5.74, 6) is -0.755. The molecule has 1 aromatic carbocycles. The summed E-state index contributed by atoms with van der Waals surface area (Å²) in [6, 6.07) is 7.81. The Hall–Kier alpha value is -3.20. The highest BCUT2D eigenvalue weighted by Crippen LogP contribution is 2.18. The molecule has 0 spiro atoms. The van der Waals surface area contributed by atoms with Gasteiger partial charge in [-0.3, -0.25) is 15.0 Å². The van der Waals surface area contributed by atoms with Crippen LogP contribution in [0.2, 0.25) is 0 Å². The van der Waals surface area contributed by atoms with E-state index in [2.05, 4.69) is 12.3 Å². The number of carbonyl (C=O) groups is 4. The highest BCUT2D eigenvalue weighted by atomic mass is 32.1. The Balaban J connectivity index is 1.58. The monoisotopic (exact) mass is 443 g/mol. The summed E-state index contributed by atoms with van der Waals surface area (Å²) >= 11 is 1.31. The lowest BCUT2D eigenvalue weighted by Gasteiger charge is -2.30. The fraction of sp³-hybridized carbons (Fsp3) is 0.364. The Bertz CT molecular complexity index is 935. The van der Waals surface area contributed by atoms with Gasteiger partial charge in [0.15, 0.2) is 0 Å². The van der Waals surface area contributed by atoms with Gasteiger partial charge in [-0.25, -0.2) is 14.6 Å². The molecule has 1 aliphatic rings. The summed E-state index contributed by atoms with van der Waals surface area (Å²) in [4.78, 5) is 51.1. The van der Waals surface area contributed by atoms with Crippen LogP contribution in [0.5, 0.6) is 0 Å². The molecule has 1 saturated heterocycles. The largest absolute Gasteiger partial charge is 0.436 e. The normalized spacial score (nSPS) is 14.1. The van der Waals surface area contributed by atoms with Crippen LogP contribution in [-0.2, 0) is 4.74 Å². The van der Waals surface area contributed by atoms with Gasteiger partial charge in [0.05, 0.1) is 5.56 Å². The standard InChI is InChI=1S/C22H25N3O5S/c1-3-25(22(29)30-21(28)18-10-13-31-14-18)23-19(26)16-4-6-17(7-5-16)20(27)24-11-8-15(2)9-12-24/h4-7,10,13-15H,3,8-9,11-12H2,1-2H3,(H,23,26). The van der Waals surface area contributed by atoms with Gasteiger partial charge in [-0.1, -0.05) is 6.92 Å². The van der Waals surface area contributed by atoms with Gasteiger partial charge < -0.3 is 9.64 Å². The molecule has 0 atom stereocenters. The maximum absolute atomic E-state index is 12.6. The van der Waals surface area contributed by atoms with Crippen molar-refractivity contribution < 1.29 is 23.9 Å². The van der Waals surface area contributed by atoms with E-state index >= 15 is 0 Å². The smallest absolute Gasteiger partial charge is 0.371 e. The molecule has 164 valence electrons. The van der Waals surface area contributed by atoms with E-state index in [0.717, 1.165) is 30.9 Å². The van der Waals surface area contributed by atoms with E-state index in [1.807, 2.05) is 4.90 Å². The predicted octanol–water partition coefficient (Wildman–Crippen LogP) is 3.56. The highest BCUT2D eigenvalue weighted by Gasteiger charge is 2.23. The number of nitrogens with zero attached hydrogens (tertiary/aromatic N) is 2. The number of piperidine rings is 1. The SMILES string of the molecule is CCN(NC(=O)c1ccc(C(=O)N2CCC(C)CC2)cc1)C(=O)OC(=O)c1ccsc1. The van der Waals surface area contributed by atoms with Crippen molar-refractivity contribution >= 4 is 35.2 Å². The molecule has 9 heteroatoms. The lowest BCUT2D eigenvalue weighted by Crippen LogP contribution is -2.46. The van der Waals surface area contributed by atoms with E-state index in [1.54, 1.807) is 35.9 Å². The van der Waals surface area contributed by atoms with Gasteiger partial charge in [0, 0.05) is 36.1 Å². The van der Waals surface area contributed by atoms with Gasteiger partial charge in [0.2, 0.25) is 0 Å². The molecular weight excluding hydrogens is 418 g/mol. The van der Waals surface area contributed by atoms with Crippen LogP contribution >= 0.6 is 11.3 Å². The van der Waals surface area contributed by atoms with Crippen LogP contribution in [0.4, 0.5) is 4.79 Å². The van der Waals surface area contributed by atoms with E-state index in [-0.39, 0.29) is 23.6 Å². The fourth-order valence-corrected chi connectivity index (χ4v) is 3.80. The van der Waals surface area contributed by atoms with Crippen LogP contribution in [0.25, 0.3) is 0 Å². The van der Waals surface area contributed by atoms with Gasteiger partial charge in [0.1, 0.15) is 0 Å². The van der Waals surface area contributed by atoms with E-state index in [0.29, 0.717) is 11.5 Å². The van der Waals surface area contributed by atoms with Crippen LogP contribution in [-0.4, -0.2) is 53.4 Å². The quantitative estimate of drug-likeness (QED) is 0.443. The minimum atomic E-state index is -0.974. The first kappa shape index (κ1) is 22.5. The molecule has 1 aliphatic heterocycles. The molecule has 1 aromatic heterocycles. The maximum Gasteiger partial charge on any atom is 0.436 e. The molecule has 2 heterocycles. The number of thiophene rings is 1. The lowest BCUT2D eigenvalue weighted by atomic mass is 9.98. The zero-order chi connectivity index (χ0) is 22.4. The predicted molar refractivity (Wildman–Crippen MR) is 116 cm³/mol. The van der Waals surface area contributed by atoms with E-state index in [1.165, 1.54) is 23.5 Å². The highest BCUT2D eigenvalue weighted by molar-refractivity contribution is 7.08. The summed E-state index contributed by atoms with van der Waals surface area (Å²) in [5, 5.41) is 4.18. The number of ether oxygens (including phenoxy) is 1. The Kier molecular flexibility index (Phi) is 7.41. The van der Waals surface area contributed by atoms with E-state index < -0.39 is 18.0 Å². The number of benzene rings is 1. The maximum atomic E-state index is 12.6. The number of rotatable bonds is 4. The van der Waals surface area contributed by atoms with Crippen molar-refractivity contribution in [3.63, 3.8) is 0 Å². The summed E-state index contributed by atoms with van der Waals surface area (Å²) in [6.07, 6.45) is 1.01. The van der Waals surface area contributed by atoms with Crippen LogP contribution in [0, 0.1) is 5.92 Å². The van der Waals surface area contributed by atoms with Crippen molar-refractivity contribution in [3.8, 4) is 0 Å². The van der Waals surface area contributed by atoms with Crippen molar-refractivity contribution in [3.05, 3.63) is 57.8 Å². The summed E-state index contributed by atoms with van der Waals surface area (Å²) in [7, 11) is 0. The Morgan fingerprint density at radius 1 is 1.06 bits per heavy atom. The van der Waals surface area contributed by atoms with Crippen molar-refractivity contribution in [2.45, 2.75) is 26.7 Å². The molecule has 0 unspecified atom stereocenters. The molecule has 31 heavy (non-hydrogen) atoms. The molecule has 0 saturated carbocycles. The van der Waals surface area contributed by atoms with Crippen molar-refractivity contribution in [2.75, 3.05) is 19.6 Å². The average molecular weight is 444 g/mol. The average Bonchev–Trinajstić information content (AvgIpc) is 3.32. The topological polar surface area (TPSA) is 96.0 Å². The Labute approximate surface area is 184 Å². The van der Waals surface area contributed by atoms with Gasteiger partial charge in [0.25, 0.3) is 11.8 Å². The second-order valence-corrected chi connectivity index (χ2v) is 8.18. The molecule has 0 bridgehead atoms. The Morgan fingerprint density at radius 2 is 1.71 bits per heavy atom. The van der Waals surface area contributed by atoms with Crippen LogP contribution in [0.15, 0.2) is 41.1 Å². The number of amides is 3. The molecule has 3 amide bonds. The zero-order valence-corrected chi connectivity index (χ0v) is 18.3. The van der Waals surface area contributed by atoms with Gasteiger partial charge >= 0.3 is 12.1 Å². The van der Waals surface area contributed by atoms with Crippen molar-refractivity contribution in [2.24, 2.45) is 5.92 Å². The zero-order valence-electron chi connectivity index (χ0n) is 17.5. The van der Waals surface area contributed by atoms with Crippen molar-refractivity contribution in [1.29, 1.82) is 0 Å². The molecule has 3 rings (SSSR count). The number of esters is 1. The van der Waals surface area contributed by atoms with E-state index in [9.17, 15) is 19.2 Å². The number of hydrazine groups is 1. The third kappa shape index (κ3) is 5.69. The third-order valence-corrected chi connectivity index (χ3v) is 5.86. The van der Waals surface area contributed by atoms with Crippen molar-refractivity contribution in [1.82, 2.24) is 15.3 Å². The first-order valence-electron chi connectivity index (χ1n) is 10.1. The minimum absolute atomic E-state index is 0.0513. The van der Waals surface area contributed by atoms with E-state index in [4.69, 9.17) is 4.74 Å². The van der Waals surface area contributed by atoms with Gasteiger partial charge in [-0.2, -0.15) is 11.3 Å². The molecule has 1 N–H and O–H groups in total. The molecule has 1 fully saturated rings. The summed E-state index contributed by atoms with van der Waals surface area (Å²) < 4.78 is 4.80. The first-order valence-corrected chi connectivity index (χ1v) is 11.1. The third-order valence-electron chi connectivity index (χ3n) is 5.17. The van der Waals surface area contributed by atoms with Crippen LogP contribution in [0.3, 0.4) is 0 Å². The minimum Gasteiger partial charge on any atom is -0.371 e. The van der Waals surface area contributed by atoms with Gasteiger partial charge in [-0.05, 0) is 61.4 Å². The first-order chi connectivity index (χ1) is 14.9. The summed E-state index contributed by atoms with van der Waals surface area (Å²) in [5.41, 5.74) is 3.48. The van der Waals surface area contributed by atoms with Crippen LogP contribution in [0.1, 0.15) is 57.8 Å². The lowest BCUT2D eigenvalue weighted by molar-refractivity contribution is 0.0471. The number of carbonyl (C=O) groups excluding carboxylic acids is 4. The number of likely N-dealkylation sites (tertiary alicyclic amines) is 1. The second kappa shape index (κ2) is 10.2. The van der Waals surface area contributed by atoms with Crippen LogP contribution < -0.4 is 5.43 Å². The fourth-order valence-electron chi connectivity index (χ4n) is 3.17. The number of hydrogen-bond donors (Lipinski definition) is 1. The second-order valence-electron chi connectivity index (χ2n) is 7.40. The molecule has 8 nitrogen and oxygen atoms in total. The Morgan fingerprint density at radius 3 is 2.29 bits per heavy atom. The molecule has 0 aliphatic carbocycles. The number of hydrogen-bond acceptors (Lipinski definition) is 6. The molecule has 2 aromatic rings. The number of nitrogens with one attached hydrogen (secondary N) is 1.